The first-order valence-electron chi connectivity index (χ1n) is 9.43. The lowest BCUT2D eigenvalue weighted by atomic mass is 10.2. The zero-order valence-electron chi connectivity index (χ0n) is 16.0. The minimum Gasteiger partial charge on any atom is -0.334 e. The molecule has 2 amide bonds. The summed E-state index contributed by atoms with van der Waals surface area (Å²) in [5, 5.41) is 6.22. The summed E-state index contributed by atoms with van der Waals surface area (Å²) in [7, 11) is 0. The monoisotopic (exact) mass is 402 g/mol. The van der Waals surface area contributed by atoms with Gasteiger partial charge in [-0.3, -0.25) is 9.88 Å². The standard InChI is InChI=1S/C23H19FN4O2/c24-18-12-10-17(11-13-18)15-28-21(19-8-4-5-9-20(19)26-23(28)30)27-22(29)25-14-16-6-2-1-3-7-16/h1-13H,14-15H2,(H2,25,27,29). The van der Waals surface area contributed by atoms with Gasteiger partial charge in [0, 0.05) is 11.9 Å². The smallest absolute Gasteiger partial charge is 0.334 e. The predicted octanol–water partition coefficient (Wildman–Crippen LogP) is 3.91. The number of fused-ring (bicyclic) bond motifs is 1. The number of para-hydroxylation sites is 1. The number of hydrogen-bond acceptors (Lipinski definition) is 3. The van der Waals surface area contributed by atoms with Gasteiger partial charge in [0.15, 0.2) is 0 Å². The second kappa shape index (κ2) is 8.57. The van der Waals surface area contributed by atoms with E-state index in [0.29, 0.717) is 28.8 Å². The molecule has 0 radical (unpaired) electrons. The van der Waals surface area contributed by atoms with Gasteiger partial charge < -0.3 is 5.32 Å². The van der Waals surface area contributed by atoms with E-state index >= 15 is 0 Å². The topological polar surface area (TPSA) is 76.0 Å². The van der Waals surface area contributed by atoms with E-state index in [0.717, 1.165) is 5.56 Å². The fourth-order valence-electron chi connectivity index (χ4n) is 3.16. The lowest BCUT2D eigenvalue weighted by Gasteiger charge is -2.16. The van der Waals surface area contributed by atoms with Gasteiger partial charge in [-0.2, -0.15) is 4.98 Å². The van der Waals surface area contributed by atoms with E-state index < -0.39 is 11.7 Å². The molecule has 0 spiro atoms. The van der Waals surface area contributed by atoms with Crippen molar-refractivity contribution in [3.8, 4) is 0 Å². The van der Waals surface area contributed by atoms with Crippen LogP contribution in [-0.4, -0.2) is 15.6 Å². The highest BCUT2D eigenvalue weighted by Crippen LogP contribution is 2.21. The molecule has 2 N–H and O–H groups in total. The van der Waals surface area contributed by atoms with Gasteiger partial charge in [0.25, 0.3) is 0 Å². The zero-order chi connectivity index (χ0) is 20.9. The van der Waals surface area contributed by atoms with Crippen LogP contribution in [0, 0.1) is 5.82 Å². The Bertz CT molecular complexity index is 1240. The highest BCUT2D eigenvalue weighted by Gasteiger charge is 2.14. The third-order valence-electron chi connectivity index (χ3n) is 4.66. The predicted molar refractivity (Wildman–Crippen MR) is 114 cm³/mol. The number of anilines is 1. The fourth-order valence-corrected chi connectivity index (χ4v) is 3.16. The average molecular weight is 402 g/mol. The van der Waals surface area contributed by atoms with Crippen molar-refractivity contribution in [2.24, 2.45) is 0 Å². The number of hydrogen-bond donors (Lipinski definition) is 2. The molecule has 0 aliphatic rings. The lowest BCUT2D eigenvalue weighted by Crippen LogP contribution is -2.33. The van der Waals surface area contributed by atoms with Crippen molar-refractivity contribution in [3.05, 3.63) is 106 Å². The Morgan fingerprint density at radius 1 is 0.900 bits per heavy atom. The molecule has 0 aliphatic carbocycles. The molecule has 0 saturated heterocycles. The van der Waals surface area contributed by atoms with E-state index in [1.807, 2.05) is 36.4 Å². The maximum atomic E-state index is 13.2. The fraction of sp³-hybridized carbons (Fsp3) is 0.0870. The van der Waals surface area contributed by atoms with Crippen molar-refractivity contribution in [3.63, 3.8) is 0 Å². The molecule has 0 unspecified atom stereocenters. The number of halogens is 1. The molecule has 0 aliphatic heterocycles. The van der Waals surface area contributed by atoms with Gasteiger partial charge in [-0.25, -0.2) is 14.0 Å². The summed E-state index contributed by atoms with van der Waals surface area (Å²) in [4.78, 5) is 29.4. The number of carbonyl (C=O) groups is 1. The van der Waals surface area contributed by atoms with Crippen molar-refractivity contribution in [1.29, 1.82) is 0 Å². The third-order valence-corrected chi connectivity index (χ3v) is 4.66. The number of urea groups is 1. The molecular weight excluding hydrogens is 383 g/mol. The van der Waals surface area contributed by atoms with Gasteiger partial charge in [-0.15, -0.1) is 0 Å². The molecule has 3 aromatic carbocycles. The Labute approximate surface area is 172 Å². The molecule has 0 atom stereocenters. The van der Waals surface area contributed by atoms with E-state index in [4.69, 9.17) is 0 Å². The van der Waals surface area contributed by atoms with Crippen LogP contribution in [0.4, 0.5) is 15.0 Å². The normalized spacial score (nSPS) is 10.7. The first-order valence-corrected chi connectivity index (χ1v) is 9.43. The van der Waals surface area contributed by atoms with Gasteiger partial charge in [-0.05, 0) is 35.4 Å². The summed E-state index contributed by atoms with van der Waals surface area (Å²) in [6.45, 7) is 0.489. The van der Waals surface area contributed by atoms with E-state index in [-0.39, 0.29) is 12.4 Å². The van der Waals surface area contributed by atoms with Crippen LogP contribution in [0.25, 0.3) is 10.9 Å². The molecule has 0 fully saturated rings. The zero-order valence-corrected chi connectivity index (χ0v) is 16.0. The molecule has 1 aromatic heterocycles. The van der Waals surface area contributed by atoms with Gasteiger partial charge in [0.05, 0.1) is 12.1 Å². The van der Waals surface area contributed by atoms with Crippen LogP contribution in [0.15, 0.2) is 83.7 Å². The van der Waals surface area contributed by atoms with Crippen LogP contribution < -0.4 is 16.3 Å². The molecule has 4 rings (SSSR count). The van der Waals surface area contributed by atoms with Gasteiger partial charge in [-0.1, -0.05) is 54.6 Å². The number of rotatable bonds is 5. The molecule has 0 bridgehead atoms. The average Bonchev–Trinajstić information content (AvgIpc) is 2.77. The second-order valence-electron chi connectivity index (χ2n) is 6.77. The van der Waals surface area contributed by atoms with Crippen molar-refractivity contribution >= 4 is 22.8 Å². The lowest BCUT2D eigenvalue weighted by molar-refractivity contribution is 0.251. The summed E-state index contributed by atoms with van der Waals surface area (Å²) in [6.07, 6.45) is 0. The van der Waals surface area contributed by atoms with Crippen LogP contribution in [0.1, 0.15) is 11.1 Å². The maximum absolute atomic E-state index is 13.2. The molecule has 30 heavy (non-hydrogen) atoms. The highest BCUT2D eigenvalue weighted by molar-refractivity contribution is 5.98. The number of benzene rings is 3. The van der Waals surface area contributed by atoms with Crippen molar-refractivity contribution in [1.82, 2.24) is 14.9 Å². The number of carbonyl (C=O) groups excluding carboxylic acids is 1. The number of nitrogens with zero attached hydrogens (tertiary/aromatic N) is 2. The van der Waals surface area contributed by atoms with Crippen LogP contribution >= 0.6 is 0 Å². The summed E-state index contributed by atoms with van der Waals surface area (Å²) < 4.78 is 14.6. The summed E-state index contributed by atoms with van der Waals surface area (Å²) in [6, 6.07) is 22.0. The first-order chi connectivity index (χ1) is 14.6. The van der Waals surface area contributed by atoms with Crippen LogP contribution in [0.3, 0.4) is 0 Å². The van der Waals surface area contributed by atoms with E-state index in [2.05, 4.69) is 15.6 Å². The Kier molecular flexibility index (Phi) is 5.52. The van der Waals surface area contributed by atoms with Gasteiger partial charge in [0.1, 0.15) is 11.6 Å². The molecule has 1 heterocycles. The third kappa shape index (κ3) is 4.35. The number of nitrogens with one attached hydrogen (secondary N) is 2. The minimum absolute atomic E-state index is 0.144. The quantitative estimate of drug-likeness (QED) is 0.532. The Morgan fingerprint density at radius 3 is 2.37 bits per heavy atom. The summed E-state index contributed by atoms with van der Waals surface area (Å²) >= 11 is 0. The van der Waals surface area contributed by atoms with E-state index in [9.17, 15) is 14.0 Å². The molecule has 0 saturated carbocycles. The molecule has 4 aromatic rings. The second-order valence-corrected chi connectivity index (χ2v) is 6.77. The van der Waals surface area contributed by atoms with E-state index in [1.54, 1.807) is 30.3 Å². The summed E-state index contributed by atoms with van der Waals surface area (Å²) in [5.74, 6) is -0.0261. The molecule has 6 nitrogen and oxygen atoms in total. The molecule has 150 valence electrons. The van der Waals surface area contributed by atoms with Crippen molar-refractivity contribution in [2.45, 2.75) is 13.1 Å². The Hall–Kier alpha value is -4.00. The van der Waals surface area contributed by atoms with Crippen LogP contribution in [-0.2, 0) is 13.1 Å². The van der Waals surface area contributed by atoms with Crippen molar-refractivity contribution in [2.75, 3.05) is 5.32 Å². The van der Waals surface area contributed by atoms with Crippen LogP contribution in [0.5, 0.6) is 0 Å². The van der Waals surface area contributed by atoms with Gasteiger partial charge in [0.2, 0.25) is 0 Å². The summed E-state index contributed by atoms with van der Waals surface area (Å²) in [5.41, 5.74) is 1.65. The highest BCUT2D eigenvalue weighted by atomic mass is 19.1. The number of amides is 2. The van der Waals surface area contributed by atoms with Crippen LogP contribution in [0.2, 0.25) is 0 Å². The SMILES string of the molecule is O=C(NCc1ccccc1)Nc1c2ccccc2nc(=O)n1Cc1ccc(F)cc1. The Morgan fingerprint density at radius 2 is 1.60 bits per heavy atom. The van der Waals surface area contributed by atoms with E-state index in [1.165, 1.54) is 16.7 Å². The minimum atomic E-state index is -0.503. The maximum Gasteiger partial charge on any atom is 0.350 e. The molecular formula is C23H19FN4O2. The molecule has 7 heteroatoms. The largest absolute Gasteiger partial charge is 0.350 e. The van der Waals surface area contributed by atoms with Crippen molar-refractivity contribution < 1.29 is 9.18 Å². The first kappa shape index (κ1) is 19.3. The number of aromatic nitrogens is 2. The Balaban J connectivity index is 1.66. The van der Waals surface area contributed by atoms with Gasteiger partial charge >= 0.3 is 11.7 Å².